The molecule has 0 aliphatic rings. The largest absolute Gasteiger partial charge is 0.267 e. The van der Waals surface area contributed by atoms with Crippen LogP contribution >= 0.6 is 0 Å². The van der Waals surface area contributed by atoms with Crippen molar-refractivity contribution in [1.82, 2.24) is 4.57 Å². The van der Waals surface area contributed by atoms with Gasteiger partial charge in [-0.25, -0.2) is 0 Å². The maximum Gasteiger partial charge on any atom is 0.139 e. The minimum Gasteiger partial charge on any atom is -0.267 e. The average Bonchev–Trinajstić information content (AvgIpc) is 2.47. The van der Waals surface area contributed by atoms with Crippen LogP contribution in [0.2, 0.25) is 15.1 Å². The van der Waals surface area contributed by atoms with Gasteiger partial charge in [0.15, 0.2) is 0 Å². The lowest BCUT2D eigenvalue weighted by Gasteiger charge is -2.66. The van der Waals surface area contributed by atoms with E-state index in [-0.39, 0.29) is 9.04 Å². The quantitative estimate of drug-likeness (QED) is 0.564. The van der Waals surface area contributed by atoms with Crippen molar-refractivity contribution in [2.45, 2.75) is 91.3 Å². The molecular formula is C19H40N2Si2. The predicted molar refractivity (Wildman–Crippen MR) is 108 cm³/mol. The Bertz CT molecular complexity index is 517. The van der Waals surface area contributed by atoms with Gasteiger partial charge in [-0.2, -0.15) is 9.04 Å². The fourth-order valence-corrected chi connectivity index (χ4v) is 20.9. The summed E-state index contributed by atoms with van der Waals surface area (Å²) >= 11 is 0. The number of imidazole rings is 1. The highest BCUT2D eigenvalue weighted by Gasteiger charge is 2.53. The van der Waals surface area contributed by atoms with Gasteiger partial charge in [-0.15, -0.1) is 0 Å². The maximum atomic E-state index is 2.51. The molecule has 0 bridgehead atoms. The smallest absolute Gasteiger partial charge is 0.139 e. The van der Waals surface area contributed by atoms with Crippen molar-refractivity contribution < 1.29 is 4.57 Å². The molecule has 134 valence electrons. The molecule has 0 saturated heterocycles. The lowest BCUT2D eigenvalue weighted by atomic mass is 10.2. The molecule has 2 nitrogen and oxygen atoms in total. The third-order valence-electron chi connectivity index (χ3n) is 6.11. The molecule has 1 heterocycles. The summed E-state index contributed by atoms with van der Waals surface area (Å²) in [5.41, 5.74) is 4.40. The summed E-state index contributed by atoms with van der Waals surface area (Å²) in [5, 5.41) is 1.12. The summed E-state index contributed by atoms with van der Waals surface area (Å²) in [6.07, 6.45) is 0. The Labute approximate surface area is 148 Å². The molecule has 0 atom stereocenters. The summed E-state index contributed by atoms with van der Waals surface area (Å²) in [6.45, 7) is 27.1. The van der Waals surface area contributed by atoms with Crippen LogP contribution in [-0.4, -0.2) is 21.2 Å². The van der Waals surface area contributed by atoms with Gasteiger partial charge in [-0.1, -0.05) is 85.0 Å². The van der Waals surface area contributed by atoms with Gasteiger partial charge in [0.2, 0.25) is 0 Å². The Morgan fingerprint density at radius 1 is 0.826 bits per heavy atom. The second kappa shape index (κ2) is 5.87. The van der Waals surface area contributed by atoms with Gasteiger partial charge in [0.1, 0.15) is 11.4 Å². The Morgan fingerprint density at radius 2 is 1.17 bits per heavy atom. The summed E-state index contributed by atoms with van der Waals surface area (Å²) in [5.74, 6) is 0. The van der Waals surface area contributed by atoms with Crippen molar-refractivity contribution in [1.29, 1.82) is 0 Å². The highest BCUT2D eigenvalue weighted by atomic mass is 29.2. The van der Waals surface area contributed by atoms with Crippen LogP contribution in [0.1, 0.15) is 73.7 Å². The van der Waals surface area contributed by atoms with Crippen molar-refractivity contribution in [3.63, 3.8) is 0 Å². The number of hydrogen-bond donors (Lipinski definition) is 0. The zero-order chi connectivity index (χ0) is 18.6. The molecule has 23 heavy (non-hydrogen) atoms. The van der Waals surface area contributed by atoms with E-state index in [0.717, 1.165) is 0 Å². The number of aromatic nitrogens is 2. The highest BCUT2D eigenvalue weighted by Crippen LogP contribution is 2.61. The van der Waals surface area contributed by atoms with Gasteiger partial charge in [-0.05, 0) is 0 Å². The van der Waals surface area contributed by atoms with E-state index in [1.807, 2.05) is 0 Å². The maximum absolute atomic E-state index is 2.51. The summed E-state index contributed by atoms with van der Waals surface area (Å²) in [6, 6.07) is 0. The second-order valence-electron chi connectivity index (χ2n) is 10.3. The van der Waals surface area contributed by atoms with Gasteiger partial charge in [0, 0.05) is 13.8 Å². The van der Waals surface area contributed by atoms with Crippen LogP contribution in [0.25, 0.3) is 0 Å². The third kappa shape index (κ3) is 3.13. The zero-order valence-corrected chi connectivity index (χ0v) is 20.1. The minimum absolute atomic E-state index is 0.245. The van der Waals surface area contributed by atoms with E-state index < -0.39 is 7.59 Å². The Kier molecular flexibility index (Phi) is 5.28. The third-order valence-corrected chi connectivity index (χ3v) is 24.5. The van der Waals surface area contributed by atoms with E-state index in [9.17, 15) is 0 Å². The molecule has 1 aromatic rings. The van der Waals surface area contributed by atoms with Gasteiger partial charge < -0.3 is 0 Å². The Hall–Kier alpha value is -0.356. The van der Waals surface area contributed by atoms with E-state index in [0.29, 0.717) is 15.1 Å². The van der Waals surface area contributed by atoms with Crippen LogP contribution in [0.4, 0.5) is 0 Å². The first-order valence-electron chi connectivity index (χ1n) is 8.87. The van der Waals surface area contributed by atoms with Crippen molar-refractivity contribution in [3.8, 4) is 0 Å². The topological polar surface area (TPSA) is 8.81 Å². The van der Waals surface area contributed by atoms with E-state index in [2.05, 4.69) is 99.4 Å². The summed E-state index contributed by atoms with van der Waals surface area (Å²) in [4.78, 5) is 0. The molecule has 0 aliphatic carbocycles. The lowest BCUT2D eigenvalue weighted by molar-refractivity contribution is -0.659. The first-order chi connectivity index (χ1) is 9.99. The molecular weight excluding hydrogens is 312 g/mol. The monoisotopic (exact) mass is 352 g/mol. The van der Waals surface area contributed by atoms with E-state index in [4.69, 9.17) is 0 Å². The first-order valence-corrected chi connectivity index (χ1v) is 13.3. The second-order valence-corrected chi connectivity index (χ2v) is 20.7. The number of nitrogens with zero attached hydrogens (tertiary/aromatic N) is 2. The molecule has 0 saturated carbocycles. The molecule has 0 radical (unpaired) electrons. The van der Waals surface area contributed by atoms with Crippen molar-refractivity contribution in [2.24, 2.45) is 14.1 Å². The van der Waals surface area contributed by atoms with Gasteiger partial charge >= 0.3 is 0 Å². The van der Waals surface area contributed by atoms with E-state index in [1.165, 1.54) is 11.4 Å². The lowest BCUT2D eigenvalue weighted by Crippen LogP contribution is -2.70. The average molecular weight is 353 g/mol. The Balaban J connectivity index is 3.73. The van der Waals surface area contributed by atoms with Crippen LogP contribution in [0.5, 0.6) is 0 Å². The molecule has 0 amide bonds. The van der Waals surface area contributed by atoms with Crippen LogP contribution in [0.15, 0.2) is 0 Å². The van der Waals surface area contributed by atoms with Crippen LogP contribution in [0, 0.1) is 13.8 Å². The van der Waals surface area contributed by atoms with E-state index in [1.54, 1.807) is 5.45 Å². The molecule has 0 aromatic carbocycles. The molecule has 1 aromatic heterocycles. The molecule has 0 spiro atoms. The summed E-state index contributed by atoms with van der Waals surface area (Å²) < 4.78 is 4.94. The SMILES string of the molecule is Cc1c(C)[n+](C)c([SiH-][Si](C(C)(C)C)(C(C)(C)C)C(C)(C)C)n1C. The summed E-state index contributed by atoms with van der Waals surface area (Å²) in [7, 11) is 3.10. The zero-order valence-electron chi connectivity index (χ0n) is 18.0. The fraction of sp³-hybridized carbons (Fsp3) is 0.842. The normalized spacial score (nSPS) is 14.3. The van der Waals surface area contributed by atoms with Gasteiger partial charge in [0.05, 0.1) is 19.5 Å². The van der Waals surface area contributed by atoms with Crippen LogP contribution in [-0.2, 0) is 14.1 Å². The van der Waals surface area contributed by atoms with Gasteiger partial charge in [0.25, 0.3) is 0 Å². The molecule has 0 N–H and O–H groups in total. The van der Waals surface area contributed by atoms with E-state index >= 15 is 0 Å². The van der Waals surface area contributed by atoms with Crippen LogP contribution < -0.4 is 10.0 Å². The van der Waals surface area contributed by atoms with Crippen molar-refractivity contribution >= 4 is 22.1 Å². The van der Waals surface area contributed by atoms with Crippen molar-refractivity contribution in [3.05, 3.63) is 11.4 Å². The Morgan fingerprint density at radius 3 is 1.39 bits per heavy atom. The predicted octanol–water partition coefficient (Wildman–Crippen LogP) is 3.87. The molecule has 4 heteroatoms. The highest BCUT2D eigenvalue weighted by molar-refractivity contribution is 7.32. The molecule has 1 rings (SSSR count). The number of rotatable bonds is 2. The minimum atomic E-state index is -1.67. The van der Waals surface area contributed by atoms with Crippen LogP contribution in [0.3, 0.4) is 0 Å². The molecule has 0 unspecified atom stereocenters. The molecule has 0 fully saturated rings. The molecule has 0 aliphatic heterocycles. The standard InChI is InChI=1S/C19H40N2Si2/c1-14-15(2)21(13)16(20(14)12)22-23(17(3,4)5,18(6,7)8)19(9,10)11/h22H,1-13H3. The van der Waals surface area contributed by atoms with Crippen molar-refractivity contribution in [2.75, 3.05) is 0 Å². The fourth-order valence-electron chi connectivity index (χ4n) is 5.47. The number of hydrogen-bond acceptors (Lipinski definition) is 0. The van der Waals surface area contributed by atoms with Gasteiger partial charge in [-0.3, -0.25) is 9.13 Å². The first kappa shape index (κ1) is 20.7.